The van der Waals surface area contributed by atoms with Crippen molar-refractivity contribution < 1.29 is 9.59 Å². The Morgan fingerprint density at radius 3 is 2.79 bits per heavy atom. The monoisotopic (exact) mass is 257 g/mol. The fraction of sp³-hybridized carbons (Fsp3) is 0.167. The summed E-state index contributed by atoms with van der Waals surface area (Å²) in [6, 6.07) is 9.60. The van der Waals surface area contributed by atoms with Crippen LogP contribution in [0.4, 0.5) is 5.82 Å². The van der Waals surface area contributed by atoms with Crippen LogP contribution in [0.2, 0.25) is 0 Å². The Balaban J connectivity index is 1.96. The van der Waals surface area contributed by atoms with E-state index in [1.807, 2.05) is 30.3 Å². The Hall–Kier alpha value is -2.70. The first kappa shape index (κ1) is 11.4. The van der Waals surface area contributed by atoms with Crippen molar-refractivity contribution in [3.63, 3.8) is 0 Å². The predicted octanol–water partition coefficient (Wildman–Crippen LogP) is 0.00830. The van der Waals surface area contributed by atoms with Gasteiger partial charge in [0.25, 0.3) is 5.91 Å². The summed E-state index contributed by atoms with van der Waals surface area (Å²) in [6.45, 7) is 0.368. The molecule has 0 aliphatic carbocycles. The molecule has 0 saturated carbocycles. The molecule has 0 bridgehead atoms. The largest absolute Gasteiger partial charge is 0.342 e. The molecule has 3 rings (SSSR count). The Morgan fingerprint density at radius 1 is 1.21 bits per heavy atom. The van der Waals surface area contributed by atoms with E-state index in [9.17, 15) is 9.59 Å². The van der Waals surface area contributed by atoms with Crippen molar-refractivity contribution in [2.75, 3.05) is 11.9 Å². The van der Waals surface area contributed by atoms with E-state index in [1.165, 1.54) is 4.68 Å². The van der Waals surface area contributed by atoms with Crippen LogP contribution in [0, 0.1) is 0 Å². The number of benzene rings is 1. The van der Waals surface area contributed by atoms with E-state index in [0.29, 0.717) is 6.54 Å². The molecule has 1 aromatic carbocycles. The van der Waals surface area contributed by atoms with Crippen LogP contribution in [0.15, 0.2) is 30.3 Å². The highest BCUT2D eigenvalue weighted by atomic mass is 16.2. The number of hydrogen-bond donors (Lipinski definition) is 2. The summed E-state index contributed by atoms with van der Waals surface area (Å²) in [4.78, 5) is 23.3. The van der Waals surface area contributed by atoms with Gasteiger partial charge in [0.1, 0.15) is 0 Å². The standard InChI is InChI=1S/C12H11N5O2/c18-9-6-13-12(19)10-11(14-9)15-16-17(10)7-8-4-2-1-3-5-8/h1-5H,6-7H2,(H,13,19)(H,14,18). The van der Waals surface area contributed by atoms with Gasteiger partial charge in [-0.05, 0) is 5.56 Å². The second-order valence-electron chi connectivity index (χ2n) is 4.16. The zero-order valence-electron chi connectivity index (χ0n) is 9.96. The minimum Gasteiger partial charge on any atom is -0.342 e. The maximum Gasteiger partial charge on any atom is 0.273 e. The third kappa shape index (κ3) is 2.17. The van der Waals surface area contributed by atoms with Gasteiger partial charge in [0.15, 0.2) is 11.5 Å². The van der Waals surface area contributed by atoms with Crippen molar-refractivity contribution in [1.82, 2.24) is 20.3 Å². The lowest BCUT2D eigenvalue weighted by molar-refractivity contribution is -0.115. The second kappa shape index (κ2) is 4.52. The summed E-state index contributed by atoms with van der Waals surface area (Å²) in [6.07, 6.45) is 0. The van der Waals surface area contributed by atoms with E-state index < -0.39 is 0 Å². The van der Waals surface area contributed by atoms with Gasteiger partial charge in [0.05, 0.1) is 13.1 Å². The van der Waals surface area contributed by atoms with Crippen LogP contribution in [0.25, 0.3) is 0 Å². The molecule has 2 heterocycles. The fourth-order valence-electron chi connectivity index (χ4n) is 1.91. The molecule has 1 aliphatic rings. The van der Waals surface area contributed by atoms with Crippen LogP contribution in [-0.2, 0) is 11.3 Å². The number of hydrogen-bond acceptors (Lipinski definition) is 4. The van der Waals surface area contributed by atoms with E-state index in [-0.39, 0.29) is 29.9 Å². The number of fused-ring (bicyclic) bond motifs is 1. The Kier molecular flexibility index (Phi) is 2.71. The van der Waals surface area contributed by atoms with Gasteiger partial charge in [0.2, 0.25) is 5.91 Å². The molecule has 0 unspecified atom stereocenters. The highest BCUT2D eigenvalue weighted by molar-refractivity contribution is 6.06. The summed E-state index contributed by atoms with van der Waals surface area (Å²) in [5.74, 6) is -0.455. The van der Waals surface area contributed by atoms with Gasteiger partial charge in [-0.1, -0.05) is 35.5 Å². The third-order valence-corrected chi connectivity index (χ3v) is 2.79. The molecule has 0 atom stereocenters. The van der Waals surface area contributed by atoms with Crippen LogP contribution in [0.5, 0.6) is 0 Å². The molecule has 0 saturated heterocycles. The molecule has 2 aromatic rings. The number of amides is 2. The minimum absolute atomic E-state index is 0.0550. The molecule has 2 amide bonds. The first-order valence-corrected chi connectivity index (χ1v) is 5.79. The average Bonchev–Trinajstić information content (AvgIpc) is 2.73. The number of nitrogens with zero attached hydrogens (tertiary/aromatic N) is 3. The molecule has 0 fully saturated rings. The quantitative estimate of drug-likeness (QED) is 0.793. The molecule has 7 heteroatoms. The topological polar surface area (TPSA) is 88.9 Å². The summed E-state index contributed by atoms with van der Waals surface area (Å²) in [5, 5.41) is 12.8. The molecule has 19 heavy (non-hydrogen) atoms. The lowest BCUT2D eigenvalue weighted by atomic mass is 10.2. The van der Waals surface area contributed by atoms with E-state index in [1.54, 1.807) is 0 Å². The summed E-state index contributed by atoms with van der Waals surface area (Å²) in [7, 11) is 0. The zero-order chi connectivity index (χ0) is 13.2. The maximum absolute atomic E-state index is 11.9. The summed E-state index contributed by atoms with van der Waals surface area (Å²) in [5.41, 5.74) is 1.27. The first-order chi connectivity index (χ1) is 9.24. The van der Waals surface area contributed by atoms with Crippen molar-refractivity contribution >= 4 is 17.6 Å². The number of rotatable bonds is 2. The van der Waals surface area contributed by atoms with Gasteiger partial charge in [-0.25, -0.2) is 4.68 Å². The molecular formula is C12H11N5O2. The van der Waals surface area contributed by atoms with Gasteiger partial charge in [-0.15, -0.1) is 5.10 Å². The van der Waals surface area contributed by atoms with E-state index in [4.69, 9.17) is 0 Å². The van der Waals surface area contributed by atoms with Crippen molar-refractivity contribution in [2.24, 2.45) is 0 Å². The summed E-state index contributed by atoms with van der Waals surface area (Å²) >= 11 is 0. The Labute approximate surface area is 108 Å². The van der Waals surface area contributed by atoms with Crippen molar-refractivity contribution in [3.8, 4) is 0 Å². The highest BCUT2D eigenvalue weighted by Gasteiger charge is 2.25. The second-order valence-corrected chi connectivity index (χ2v) is 4.16. The maximum atomic E-state index is 11.9. The van der Waals surface area contributed by atoms with Crippen molar-refractivity contribution in [3.05, 3.63) is 41.6 Å². The molecule has 1 aromatic heterocycles. The number of carbonyl (C=O) groups is 2. The fourth-order valence-corrected chi connectivity index (χ4v) is 1.91. The van der Waals surface area contributed by atoms with Crippen LogP contribution < -0.4 is 10.6 Å². The smallest absolute Gasteiger partial charge is 0.273 e. The highest BCUT2D eigenvalue weighted by Crippen LogP contribution is 2.15. The molecule has 0 spiro atoms. The van der Waals surface area contributed by atoms with Crippen molar-refractivity contribution in [2.45, 2.75) is 6.54 Å². The van der Waals surface area contributed by atoms with Crippen molar-refractivity contribution in [1.29, 1.82) is 0 Å². The molecule has 96 valence electrons. The van der Waals surface area contributed by atoms with Gasteiger partial charge in [-0.3, -0.25) is 9.59 Å². The SMILES string of the molecule is O=C1CNC(=O)c2c(nnn2Cc2ccccc2)N1. The van der Waals surface area contributed by atoms with Crippen LogP contribution in [0.1, 0.15) is 16.1 Å². The van der Waals surface area contributed by atoms with Crippen LogP contribution >= 0.6 is 0 Å². The van der Waals surface area contributed by atoms with E-state index in [0.717, 1.165) is 5.56 Å². The third-order valence-electron chi connectivity index (χ3n) is 2.79. The molecule has 1 aliphatic heterocycles. The van der Waals surface area contributed by atoms with Crippen LogP contribution in [0.3, 0.4) is 0 Å². The zero-order valence-corrected chi connectivity index (χ0v) is 9.96. The lowest BCUT2D eigenvalue weighted by Gasteiger charge is -2.05. The number of nitrogens with one attached hydrogen (secondary N) is 2. The molecule has 0 radical (unpaired) electrons. The normalized spacial score (nSPS) is 14.3. The number of aromatic nitrogens is 3. The predicted molar refractivity (Wildman–Crippen MR) is 66.5 cm³/mol. The number of carbonyl (C=O) groups excluding carboxylic acids is 2. The molecular weight excluding hydrogens is 246 g/mol. The first-order valence-electron chi connectivity index (χ1n) is 5.79. The number of anilines is 1. The van der Waals surface area contributed by atoms with E-state index in [2.05, 4.69) is 20.9 Å². The van der Waals surface area contributed by atoms with Gasteiger partial charge in [0, 0.05) is 0 Å². The minimum atomic E-state index is -0.353. The Bertz CT molecular complexity index is 635. The Morgan fingerprint density at radius 2 is 2.00 bits per heavy atom. The average molecular weight is 257 g/mol. The lowest BCUT2D eigenvalue weighted by Crippen LogP contribution is -2.30. The van der Waals surface area contributed by atoms with Gasteiger partial charge in [-0.2, -0.15) is 0 Å². The van der Waals surface area contributed by atoms with E-state index >= 15 is 0 Å². The van der Waals surface area contributed by atoms with Gasteiger partial charge < -0.3 is 10.6 Å². The molecule has 7 nitrogen and oxygen atoms in total. The molecule has 2 N–H and O–H groups in total. The van der Waals surface area contributed by atoms with Gasteiger partial charge >= 0.3 is 0 Å². The van der Waals surface area contributed by atoms with Crippen LogP contribution in [-0.4, -0.2) is 33.4 Å². The summed E-state index contributed by atoms with van der Waals surface area (Å²) < 4.78 is 1.48.